The quantitative estimate of drug-likeness (QED) is 0.758. The van der Waals surface area contributed by atoms with Crippen LogP contribution in [0.5, 0.6) is 5.75 Å². The average Bonchev–Trinajstić information content (AvgIpc) is 2.49. The van der Waals surface area contributed by atoms with Gasteiger partial charge in [-0.2, -0.15) is 0 Å². The Morgan fingerprint density at radius 3 is 2.38 bits per heavy atom. The molecule has 2 amide bonds. The largest absolute Gasteiger partial charge is 0.508 e. The highest BCUT2D eigenvalue weighted by Gasteiger charge is 2.24. The Balaban J connectivity index is 1.74. The van der Waals surface area contributed by atoms with E-state index >= 15 is 0 Å². The number of aromatic hydroxyl groups is 1. The van der Waals surface area contributed by atoms with Gasteiger partial charge in [-0.1, -0.05) is 12.1 Å². The Morgan fingerprint density at radius 2 is 1.76 bits per heavy atom. The van der Waals surface area contributed by atoms with Gasteiger partial charge in [0, 0.05) is 32.7 Å². The van der Waals surface area contributed by atoms with Crippen molar-refractivity contribution in [1.82, 2.24) is 15.1 Å². The molecular formula is C15H21N3O3. The number of rotatable bonds is 3. The van der Waals surface area contributed by atoms with Crippen LogP contribution in [0.4, 0.5) is 0 Å². The molecule has 0 spiro atoms. The Labute approximate surface area is 124 Å². The van der Waals surface area contributed by atoms with Crippen molar-refractivity contribution in [3.8, 4) is 5.75 Å². The van der Waals surface area contributed by atoms with E-state index in [9.17, 15) is 14.7 Å². The van der Waals surface area contributed by atoms with E-state index in [0.29, 0.717) is 26.1 Å². The van der Waals surface area contributed by atoms with Gasteiger partial charge in [-0.25, -0.2) is 0 Å². The Hall–Kier alpha value is -2.08. The molecule has 1 aromatic rings. The first-order valence-corrected chi connectivity index (χ1v) is 7.10. The third-order valence-electron chi connectivity index (χ3n) is 3.62. The van der Waals surface area contributed by atoms with Crippen LogP contribution in [-0.4, -0.2) is 66.5 Å². The van der Waals surface area contributed by atoms with Crippen LogP contribution in [0.3, 0.4) is 0 Å². The Kier molecular flexibility index (Phi) is 5.16. The highest BCUT2D eigenvalue weighted by atomic mass is 16.3. The van der Waals surface area contributed by atoms with Gasteiger partial charge in [-0.15, -0.1) is 0 Å². The van der Waals surface area contributed by atoms with Crippen molar-refractivity contribution in [3.63, 3.8) is 0 Å². The number of carbonyl (C=O) groups is 2. The van der Waals surface area contributed by atoms with Gasteiger partial charge in [0.1, 0.15) is 5.75 Å². The van der Waals surface area contributed by atoms with Crippen molar-refractivity contribution < 1.29 is 14.7 Å². The lowest BCUT2D eigenvalue weighted by molar-refractivity contribution is -0.146. The van der Waals surface area contributed by atoms with Crippen molar-refractivity contribution in [3.05, 3.63) is 29.8 Å². The number of phenolic OH excluding ortho intramolecular Hbond substituents is 1. The number of nitrogens with one attached hydrogen (secondary N) is 1. The minimum absolute atomic E-state index is 0.216. The van der Waals surface area contributed by atoms with E-state index in [2.05, 4.69) is 10.2 Å². The van der Waals surface area contributed by atoms with E-state index in [1.807, 2.05) is 7.05 Å². The summed E-state index contributed by atoms with van der Waals surface area (Å²) in [4.78, 5) is 27.5. The van der Waals surface area contributed by atoms with Crippen LogP contribution < -0.4 is 5.32 Å². The molecule has 6 nitrogen and oxygen atoms in total. The summed E-state index contributed by atoms with van der Waals surface area (Å²) in [7, 11) is 2.00. The number of carbonyl (C=O) groups excluding carboxylic acids is 2. The van der Waals surface area contributed by atoms with Gasteiger partial charge in [0.05, 0.1) is 0 Å². The second-order valence-corrected chi connectivity index (χ2v) is 5.27. The van der Waals surface area contributed by atoms with Gasteiger partial charge in [-0.3, -0.25) is 9.59 Å². The minimum Gasteiger partial charge on any atom is -0.508 e. The van der Waals surface area contributed by atoms with Gasteiger partial charge in [-0.05, 0) is 31.2 Å². The lowest BCUT2D eigenvalue weighted by Crippen LogP contribution is -2.51. The SMILES string of the molecule is CN1CCN(C(=O)C(=O)NCCc2ccc(O)cc2)CC1. The summed E-state index contributed by atoms with van der Waals surface area (Å²) in [5.41, 5.74) is 1.00. The molecule has 0 saturated carbocycles. The van der Waals surface area contributed by atoms with Crippen LogP contribution in [0.1, 0.15) is 5.56 Å². The summed E-state index contributed by atoms with van der Waals surface area (Å²) >= 11 is 0. The molecule has 0 unspecified atom stereocenters. The molecule has 1 aliphatic heterocycles. The lowest BCUT2D eigenvalue weighted by Gasteiger charge is -2.31. The molecule has 2 rings (SSSR count). The fourth-order valence-electron chi connectivity index (χ4n) is 2.21. The van der Waals surface area contributed by atoms with E-state index in [4.69, 9.17) is 0 Å². The van der Waals surface area contributed by atoms with Gasteiger partial charge in [0.15, 0.2) is 0 Å². The van der Waals surface area contributed by atoms with Gasteiger partial charge in [0.25, 0.3) is 0 Å². The second-order valence-electron chi connectivity index (χ2n) is 5.27. The number of phenols is 1. The summed E-state index contributed by atoms with van der Waals surface area (Å²) < 4.78 is 0. The predicted octanol–water partition coefficient (Wildman–Crippen LogP) is -0.175. The van der Waals surface area contributed by atoms with Gasteiger partial charge >= 0.3 is 11.8 Å². The Morgan fingerprint density at radius 1 is 1.14 bits per heavy atom. The number of hydrogen-bond donors (Lipinski definition) is 2. The maximum absolute atomic E-state index is 12.0. The van der Waals surface area contributed by atoms with E-state index < -0.39 is 11.8 Å². The minimum atomic E-state index is -0.543. The average molecular weight is 291 g/mol. The number of amides is 2. The molecule has 0 radical (unpaired) electrons. The molecule has 1 heterocycles. The van der Waals surface area contributed by atoms with Crippen LogP contribution in [-0.2, 0) is 16.0 Å². The molecule has 1 fully saturated rings. The molecule has 1 aromatic carbocycles. The molecule has 6 heteroatoms. The van der Waals surface area contributed by atoms with E-state index in [1.54, 1.807) is 29.2 Å². The molecule has 0 bridgehead atoms. The first-order chi connectivity index (χ1) is 10.1. The van der Waals surface area contributed by atoms with Crippen molar-refractivity contribution in [1.29, 1.82) is 0 Å². The summed E-state index contributed by atoms with van der Waals surface area (Å²) in [6, 6.07) is 6.80. The van der Waals surface area contributed by atoms with Crippen molar-refractivity contribution in [2.24, 2.45) is 0 Å². The van der Waals surface area contributed by atoms with Crippen LogP contribution in [0.25, 0.3) is 0 Å². The second kappa shape index (κ2) is 7.08. The molecule has 1 aliphatic rings. The summed E-state index contributed by atoms with van der Waals surface area (Å²) in [5, 5.41) is 11.8. The fraction of sp³-hybridized carbons (Fsp3) is 0.467. The third kappa shape index (κ3) is 4.46. The number of piperazine rings is 1. The first kappa shape index (κ1) is 15.3. The highest BCUT2D eigenvalue weighted by Crippen LogP contribution is 2.09. The van der Waals surface area contributed by atoms with Crippen molar-refractivity contribution in [2.45, 2.75) is 6.42 Å². The van der Waals surface area contributed by atoms with Crippen LogP contribution in [0.2, 0.25) is 0 Å². The first-order valence-electron chi connectivity index (χ1n) is 7.10. The van der Waals surface area contributed by atoms with Crippen molar-refractivity contribution in [2.75, 3.05) is 39.8 Å². The fourth-order valence-corrected chi connectivity index (χ4v) is 2.21. The zero-order valence-electron chi connectivity index (χ0n) is 12.2. The van der Waals surface area contributed by atoms with E-state index in [0.717, 1.165) is 18.7 Å². The zero-order chi connectivity index (χ0) is 15.2. The van der Waals surface area contributed by atoms with Crippen LogP contribution in [0, 0.1) is 0 Å². The highest BCUT2D eigenvalue weighted by molar-refractivity contribution is 6.35. The molecule has 1 saturated heterocycles. The molecule has 2 N–H and O–H groups in total. The van der Waals surface area contributed by atoms with Crippen molar-refractivity contribution >= 4 is 11.8 Å². The summed E-state index contributed by atoms with van der Waals surface area (Å²) in [6.45, 7) is 3.20. The van der Waals surface area contributed by atoms with Gasteiger partial charge < -0.3 is 20.2 Å². The normalized spacial score (nSPS) is 15.8. The summed E-state index contributed by atoms with van der Waals surface area (Å²) in [6.07, 6.45) is 0.627. The lowest BCUT2D eigenvalue weighted by atomic mass is 10.1. The standard InChI is InChI=1S/C15H21N3O3/c1-17-8-10-18(11-9-17)15(21)14(20)16-7-6-12-2-4-13(19)5-3-12/h2-5,19H,6-11H2,1H3,(H,16,20). The predicted molar refractivity (Wildman–Crippen MR) is 78.9 cm³/mol. The smallest absolute Gasteiger partial charge is 0.311 e. The molecular weight excluding hydrogens is 270 g/mol. The van der Waals surface area contributed by atoms with E-state index in [-0.39, 0.29) is 5.75 Å². The van der Waals surface area contributed by atoms with Crippen LogP contribution in [0.15, 0.2) is 24.3 Å². The number of likely N-dealkylation sites (N-methyl/N-ethyl adjacent to an activating group) is 1. The molecule has 21 heavy (non-hydrogen) atoms. The maximum Gasteiger partial charge on any atom is 0.311 e. The third-order valence-corrected chi connectivity index (χ3v) is 3.62. The number of benzene rings is 1. The number of hydrogen-bond acceptors (Lipinski definition) is 4. The Bertz CT molecular complexity index is 493. The van der Waals surface area contributed by atoms with Gasteiger partial charge in [0.2, 0.25) is 0 Å². The zero-order valence-corrected chi connectivity index (χ0v) is 12.2. The molecule has 0 aliphatic carbocycles. The molecule has 0 aromatic heterocycles. The molecule has 114 valence electrons. The van der Waals surface area contributed by atoms with E-state index in [1.165, 1.54) is 0 Å². The molecule has 0 atom stereocenters. The topological polar surface area (TPSA) is 72.9 Å². The van der Waals surface area contributed by atoms with Crippen LogP contribution >= 0.6 is 0 Å². The number of nitrogens with zero attached hydrogens (tertiary/aromatic N) is 2. The maximum atomic E-state index is 12.0. The monoisotopic (exact) mass is 291 g/mol. The summed E-state index contributed by atoms with van der Waals surface area (Å²) in [5.74, 6) is -0.778.